The number of carbonyl (C=O) groups excluding carboxylic acids is 6. The Balaban J connectivity index is 5.58. The van der Waals surface area contributed by atoms with Gasteiger partial charge < -0.3 is 44.0 Å². The second kappa shape index (κ2) is 15.2. The topological polar surface area (TPSA) is 280 Å². The highest BCUT2D eigenvalue weighted by molar-refractivity contribution is 5.95. The van der Waals surface area contributed by atoms with Crippen molar-refractivity contribution in [3.8, 4) is 0 Å². The Morgan fingerprint density at radius 1 is 0.686 bits per heavy atom. The van der Waals surface area contributed by atoms with Crippen LogP contribution in [0.15, 0.2) is 0 Å². The Morgan fingerprint density at radius 2 is 1.11 bits per heavy atom. The number of amides is 6. The van der Waals surface area contributed by atoms with E-state index in [1.807, 2.05) is 0 Å². The summed E-state index contributed by atoms with van der Waals surface area (Å²) in [6.45, 7) is 3.51. The van der Waals surface area contributed by atoms with E-state index in [2.05, 4.69) is 16.0 Å². The van der Waals surface area contributed by atoms with Crippen LogP contribution in [0.2, 0.25) is 0 Å². The summed E-state index contributed by atoms with van der Waals surface area (Å²) >= 11 is 0. The van der Waals surface area contributed by atoms with Crippen molar-refractivity contribution in [1.82, 2.24) is 16.0 Å². The molecule has 0 fully saturated rings. The van der Waals surface area contributed by atoms with Gasteiger partial charge in [0.15, 0.2) is 0 Å². The Hall–Kier alpha value is -3.75. The van der Waals surface area contributed by atoms with Crippen molar-refractivity contribution in [1.29, 1.82) is 0 Å². The first kappa shape index (κ1) is 31.2. The summed E-state index contributed by atoms with van der Waals surface area (Å²) in [5.41, 5.74) is 20.7. The molecule has 0 saturated carbocycles. The molecule has 15 heteroatoms. The lowest BCUT2D eigenvalue weighted by Gasteiger charge is -2.26. The van der Waals surface area contributed by atoms with Gasteiger partial charge in [0.25, 0.3) is 0 Å². The second-order valence-corrected chi connectivity index (χ2v) is 8.44. The number of rotatable bonds is 17. The number of carbonyl (C=O) groups is 7. The molecule has 0 aromatic heterocycles. The molecular weight excluding hydrogens is 466 g/mol. The fraction of sp³-hybridized carbons (Fsp3) is 0.650. The van der Waals surface area contributed by atoms with Crippen LogP contribution in [0.5, 0.6) is 0 Å². The Kier molecular flexibility index (Phi) is 13.6. The summed E-state index contributed by atoms with van der Waals surface area (Å²) in [5.74, 6) is -6.47. The first-order valence-corrected chi connectivity index (χ1v) is 10.9. The van der Waals surface area contributed by atoms with Gasteiger partial charge in [0.2, 0.25) is 35.4 Å². The standard InChI is InChI=1S/C20H35N7O8/c1-9(2)7-13(19(33)26-12(20(34)35)4-6-15(23)29)27-18(32)11(3-5-14(22)28)25-17(31)10(21)8-16(24)30/h9-13H,3-8,21H2,1-2H3,(H2,22,28)(H2,23,29)(H2,24,30)(H,25,31)(H,26,33)(H,27,32)(H,34,35). The van der Waals surface area contributed by atoms with Crippen molar-refractivity contribution in [2.45, 2.75) is 76.5 Å². The van der Waals surface area contributed by atoms with Gasteiger partial charge in [-0.15, -0.1) is 0 Å². The molecule has 0 aromatic carbocycles. The number of carboxylic acid groups (broad SMARTS) is 1. The molecule has 12 N–H and O–H groups in total. The summed E-state index contributed by atoms with van der Waals surface area (Å²) in [6, 6.07) is -5.35. The summed E-state index contributed by atoms with van der Waals surface area (Å²) in [4.78, 5) is 82.6. The van der Waals surface area contributed by atoms with Crippen LogP contribution in [0.4, 0.5) is 0 Å². The van der Waals surface area contributed by atoms with Crippen LogP contribution in [-0.4, -0.2) is 70.7 Å². The van der Waals surface area contributed by atoms with E-state index >= 15 is 0 Å². The Morgan fingerprint density at radius 3 is 1.54 bits per heavy atom. The van der Waals surface area contributed by atoms with Gasteiger partial charge in [0.05, 0.1) is 12.5 Å². The van der Waals surface area contributed by atoms with E-state index in [0.29, 0.717) is 0 Å². The smallest absolute Gasteiger partial charge is 0.326 e. The maximum absolute atomic E-state index is 12.9. The molecule has 0 saturated heterocycles. The van der Waals surface area contributed by atoms with E-state index in [0.717, 1.165) is 0 Å². The lowest BCUT2D eigenvalue weighted by molar-refractivity contribution is -0.142. The largest absolute Gasteiger partial charge is 0.480 e. The van der Waals surface area contributed by atoms with Crippen molar-refractivity contribution in [3.63, 3.8) is 0 Å². The third-order valence-corrected chi connectivity index (χ3v) is 4.70. The van der Waals surface area contributed by atoms with Crippen molar-refractivity contribution >= 4 is 41.4 Å². The zero-order valence-electron chi connectivity index (χ0n) is 19.7. The van der Waals surface area contributed by atoms with E-state index in [-0.39, 0.29) is 38.0 Å². The van der Waals surface area contributed by atoms with E-state index in [4.69, 9.17) is 22.9 Å². The fourth-order valence-corrected chi connectivity index (χ4v) is 2.94. The van der Waals surface area contributed by atoms with E-state index in [1.165, 1.54) is 0 Å². The van der Waals surface area contributed by atoms with Gasteiger partial charge in [-0.25, -0.2) is 4.79 Å². The van der Waals surface area contributed by atoms with Crippen LogP contribution in [0, 0.1) is 5.92 Å². The highest BCUT2D eigenvalue weighted by atomic mass is 16.4. The monoisotopic (exact) mass is 501 g/mol. The normalized spacial score (nSPS) is 14.2. The molecule has 0 aliphatic heterocycles. The number of aliphatic carboxylic acids is 1. The number of carboxylic acids is 1. The van der Waals surface area contributed by atoms with Crippen molar-refractivity contribution < 1.29 is 38.7 Å². The number of hydrogen-bond donors (Lipinski definition) is 8. The van der Waals surface area contributed by atoms with Crippen molar-refractivity contribution in [2.75, 3.05) is 0 Å². The highest BCUT2D eigenvalue weighted by Gasteiger charge is 2.31. The summed E-state index contributed by atoms with van der Waals surface area (Å²) in [7, 11) is 0. The summed E-state index contributed by atoms with van der Waals surface area (Å²) in [6.07, 6.45) is -1.46. The molecule has 198 valence electrons. The Bertz CT molecular complexity index is 817. The molecular formula is C20H35N7O8. The number of nitrogens with two attached hydrogens (primary N) is 4. The third-order valence-electron chi connectivity index (χ3n) is 4.70. The van der Waals surface area contributed by atoms with Crippen molar-refractivity contribution in [3.05, 3.63) is 0 Å². The fourth-order valence-electron chi connectivity index (χ4n) is 2.94. The zero-order valence-corrected chi connectivity index (χ0v) is 19.7. The number of nitrogens with one attached hydrogen (secondary N) is 3. The summed E-state index contributed by atoms with van der Waals surface area (Å²) in [5, 5.41) is 16.3. The molecule has 0 radical (unpaired) electrons. The molecule has 15 nitrogen and oxygen atoms in total. The van der Waals surface area contributed by atoms with Crippen LogP contribution in [-0.2, 0) is 33.6 Å². The van der Waals surface area contributed by atoms with Gasteiger partial charge in [-0.05, 0) is 25.2 Å². The van der Waals surface area contributed by atoms with Crippen LogP contribution in [0.1, 0.15) is 52.4 Å². The predicted octanol–water partition coefficient (Wildman–Crippen LogP) is -3.69. The molecule has 0 aromatic rings. The molecule has 0 heterocycles. The van der Waals surface area contributed by atoms with Gasteiger partial charge in [0, 0.05) is 12.8 Å². The van der Waals surface area contributed by atoms with Gasteiger partial charge in [0.1, 0.15) is 18.1 Å². The lowest BCUT2D eigenvalue weighted by Crippen LogP contribution is -2.57. The number of primary amides is 3. The molecule has 0 bridgehead atoms. The maximum Gasteiger partial charge on any atom is 0.326 e. The van der Waals surface area contributed by atoms with Crippen molar-refractivity contribution in [2.24, 2.45) is 28.9 Å². The van der Waals surface area contributed by atoms with Crippen LogP contribution < -0.4 is 38.9 Å². The van der Waals surface area contributed by atoms with Gasteiger partial charge in [-0.2, -0.15) is 0 Å². The van der Waals surface area contributed by atoms with E-state index in [9.17, 15) is 38.7 Å². The summed E-state index contributed by atoms with van der Waals surface area (Å²) < 4.78 is 0. The first-order valence-electron chi connectivity index (χ1n) is 10.9. The quantitative estimate of drug-likeness (QED) is 0.0971. The van der Waals surface area contributed by atoms with Gasteiger partial charge in [-0.1, -0.05) is 13.8 Å². The zero-order chi connectivity index (χ0) is 27.3. The molecule has 0 spiro atoms. The molecule has 0 aliphatic carbocycles. The molecule has 6 amide bonds. The minimum absolute atomic E-state index is 0.0946. The highest BCUT2D eigenvalue weighted by Crippen LogP contribution is 2.08. The molecule has 35 heavy (non-hydrogen) atoms. The van der Waals surface area contributed by atoms with E-state index < -0.39 is 72.0 Å². The average Bonchev–Trinajstić information content (AvgIpc) is 2.71. The third kappa shape index (κ3) is 13.5. The maximum atomic E-state index is 12.9. The SMILES string of the molecule is CC(C)CC(NC(=O)C(CCC(N)=O)NC(=O)C(N)CC(N)=O)C(=O)NC(CCC(N)=O)C(=O)O. The second-order valence-electron chi connectivity index (χ2n) is 8.44. The van der Waals surface area contributed by atoms with Crippen LogP contribution in [0.3, 0.4) is 0 Å². The molecule has 0 rings (SSSR count). The van der Waals surface area contributed by atoms with Gasteiger partial charge >= 0.3 is 5.97 Å². The lowest BCUT2D eigenvalue weighted by atomic mass is 10.0. The van der Waals surface area contributed by atoms with E-state index in [1.54, 1.807) is 13.8 Å². The minimum atomic E-state index is -1.43. The van der Waals surface area contributed by atoms with Gasteiger partial charge in [-0.3, -0.25) is 28.8 Å². The van der Waals surface area contributed by atoms with Crippen LogP contribution in [0.25, 0.3) is 0 Å². The Labute approximate surface area is 202 Å². The predicted molar refractivity (Wildman–Crippen MR) is 122 cm³/mol. The van der Waals surface area contributed by atoms with Crippen LogP contribution >= 0.6 is 0 Å². The number of hydrogen-bond acceptors (Lipinski definition) is 8. The molecule has 0 aliphatic rings. The molecule has 4 atom stereocenters. The average molecular weight is 502 g/mol. The minimum Gasteiger partial charge on any atom is -0.480 e. The first-order chi connectivity index (χ1) is 16.1. The molecule has 4 unspecified atom stereocenters.